The van der Waals surface area contributed by atoms with Crippen LogP contribution >= 0.6 is 0 Å². The van der Waals surface area contributed by atoms with Gasteiger partial charge in [-0.3, -0.25) is 19.3 Å². The second kappa shape index (κ2) is 8.44. The van der Waals surface area contributed by atoms with Gasteiger partial charge in [0.1, 0.15) is 0 Å². The Morgan fingerprint density at radius 3 is 2.36 bits per heavy atom. The standard InChI is InChI=1S/C25H25N3O5/c29-22-13-21(24(31)28(22)20-3-1-2-17(12-20)25(32)33)27(19-10-11-19)14-15-4-6-16(7-5-15)23(30)26-18-8-9-18/h1-7,12,18-19,21H,8-11,13-14H2,(H,26,30)(H,32,33)/t21-/m0/s1. The van der Waals surface area contributed by atoms with Gasteiger partial charge in [0.2, 0.25) is 5.91 Å². The molecular formula is C25H25N3O5. The minimum atomic E-state index is -1.11. The molecule has 3 fully saturated rings. The number of rotatable bonds is 8. The number of nitrogens with zero attached hydrogens (tertiary/aromatic N) is 2. The fourth-order valence-corrected chi connectivity index (χ4v) is 4.29. The Morgan fingerprint density at radius 2 is 1.73 bits per heavy atom. The van der Waals surface area contributed by atoms with Gasteiger partial charge >= 0.3 is 5.97 Å². The van der Waals surface area contributed by atoms with Gasteiger partial charge < -0.3 is 10.4 Å². The van der Waals surface area contributed by atoms with Crippen molar-refractivity contribution in [2.45, 2.75) is 56.8 Å². The molecule has 2 N–H and O–H groups in total. The van der Waals surface area contributed by atoms with Gasteiger partial charge in [-0.1, -0.05) is 18.2 Å². The van der Waals surface area contributed by atoms with E-state index in [9.17, 15) is 24.3 Å². The Hall–Kier alpha value is -3.52. The van der Waals surface area contributed by atoms with E-state index < -0.39 is 12.0 Å². The van der Waals surface area contributed by atoms with Crippen LogP contribution in [0, 0.1) is 0 Å². The van der Waals surface area contributed by atoms with Crippen molar-refractivity contribution in [3.63, 3.8) is 0 Å². The Balaban J connectivity index is 1.32. The highest BCUT2D eigenvalue weighted by Gasteiger charge is 2.46. The van der Waals surface area contributed by atoms with Crippen LogP contribution in [0.4, 0.5) is 5.69 Å². The fourth-order valence-electron chi connectivity index (χ4n) is 4.29. The lowest BCUT2D eigenvalue weighted by atomic mass is 10.1. The summed E-state index contributed by atoms with van der Waals surface area (Å²) >= 11 is 0. The number of imide groups is 1. The number of carbonyl (C=O) groups excluding carboxylic acids is 3. The Kier molecular flexibility index (Phi) is 5.46. The van der Waals surface area contributed by atoms with E-state index in [0.717, 1.165) is 36.1 Å². The summed E-state index contributed by atoms with van der Waals surface area (Å²) in [5, 5.41) is 12.2. The van der Waals surface area contributed by atoms with Gasteiger partial charge in [0.05, 0.1) is 23.7 Å². The van der Waals surface area contributed by atoms with Gasteiger partial charge in [0, 0.05) is 24.2 Å². The van der Waals surface area contributed by atoms with E-state index in [0.29, 0.717) is 18.2 Å². The third-order valence-corrected chi connectivity index (χ3v) is 6.38. The highest BCUT2D eigenvalue weighted by molar-refractivity contribution is 6.22. The molecule has 8 heteroatoms. The molecular weight excluding hydrogens is 422 g/mol. The average Bonchev–Trinajstić information content (AvgIpc) is 3.72. The van der Waals surface area contributed by atoms with E-state index in [1.807, 2.05) is 12.1 Å². The van der Waals surface area contributed by atoms with Crippen LogP contribution in [0.1, 0.15) is 58.4 Å². The van der Waals surface area contributed by atoms with E-state index in [2.05, 4.69) is 10.2 Å². The van der Waals surface area contributed by atoms with Crippen molar-refractivity contribution in [3.05, 3.63) is 65.2 Å². The third kappa shape index (κ3) is 4.52. The molecule has 0 aromatic heterocycles. The van der Waals surface area contributed by atoms with E-state index in [1.165, 1.54) is 18.2 Å². The summed E-state index contributed by atoms with van der Waals surface area (Å²) in [5.41, 5.74) is 1.90. The number of anilines is 1. The van der Waals surface area contributed by atoms with Crippen LogP contribution in [-0.2, 0) is 16.1 Å². The summed E-state index contributed by atoms with van der Waals surface area (Å²) in [6.07, 6.45) is 4.06. The molecule has 0 radical (unpaired) electrons. The smallest absolute Gasteiger partial charge is 0.335 e. The molecule has 3 amide bonds. The van der Waals surface area contributed by atoms with Crippen LogP contribution < -0.4 is 10.2 Å². The third-order valence-electron chi connectivity index (χ3n) is 6.38. The first kappa shape index (κ1) is 21.3. The number of carboxylic acids is 1. The topological polar surface area (TPSA) is 107 Å². The maximum Gasteiger partial charge on any atom is 0.335 e. The van der Waals surface area contributed by atoms with Crippen LogP contribution in [0.2, 0.25) is 0 Å². The Morgan fingerprint density at radius 1 is 1.00 bits per heavy atom. The molecule has 5 rings (SSSR count). The highest BCUT2D eigenvalue weighted by Crippen LogP contribution is 2.35. The average molecular weight is 447 g/mol. The summed E-state index contributed by atoms with van der Waals surface area (Å²) < 4.78 is 0. The van der Waals surface area contributed by atoms with Gasteiger partial charge in [-0.25, -0.2) is 9.69 Å². The highest BCUT2D eigenvalue weighted by atomic mass is 16.4. The molecule has 170 valence electrons. The molecule has 2 aliphatic carbocycles. The minimum absolute atomic E-state index is 0.0291. The lowest BCUT2D eigenvalue weighted by Gasteiger charge is -2.27. The first-order valence-electron chi connectivity index (χ1n) is 11.3. The number of amides is 3. The van der Waals surface area contributed by atoms with Crippen LogP contribution in [0.25, 0.3) is 0 Å². The van der Waals surface area contributed by atoms with Gasteiger partial charge in [-0.2, -0.15) is 0 Å². The molecule has 1 heterocycles. The Bertz CT molecular complexity index is 1120. The first-order chi connectivity index (χ1) is 15.9. The Labute approximate surface area is 191 Å². The molecule has 1 saturated heterocycles. The summed E-state index contributed by atoms with van der Waals surface area (Å²) in [6, 6.07) is 13.2. The molecule has 1 aliphatic heterocycles. The van der Waals surface area contributed by atoms with E-state index in [-0.39, 0.29) is 41.4 Å². The minimum Gasteiger partial charge on any atom is -0.478 e. The van der Waals surface area contributed by atoms with E-state index in [1.54, 1.807) is 18.2 Å². The molecule has 2 saturated carbocycles. The quantitative estimate of drug-likeness (QED) is 0.603. The summed E-state index contributed by atoms with van der Waals surface area (Å²) in [4.78, 5) is 52.8. The van der Waals surface area contributed by atoms with Crippen molar-refractivity contribution in [1.82, 2.24) is 10.2 Å². The van der Waals surface area contributed by atoms with Gasteiger partial charge in [-0.15, -0.1) is 0 Å². The second-order valence-corrected chi connectivity index (χ2v) is 8.99. The number of carboxylic acid groups (broad SMARTS) is 1. The lowest BCUT2D eigenvalue weighted by Crippen LogP contribution is -2.43. The molecule has 1 atom stereocenters. The molecule has 0 spiro atoms. The lowest BCUT2D eigenvalue weighted by molar-refractivity contribution is -0.123. The summed E-state index contributed by atoms with van der Waals surface area (Å²) in [5.74, 6) is -1.83. The molecule has 8 nitrogen and oxygen atoms in total. The van der Waals surface area contributed by atoms with Gasteiger partial charge in [0.25, 0.3) is 11.8 Å². The number of benzene rings is 2. The molecule has 0 bridgehead atoms. The molecule has 3 aliphatic rings. The van der Waals surface area contributed by atoms with Crippen LogP contribution in [-0.4, -0.2) is 51.8 Å². The largest absolute Gasteiger partial charge is 0.478 e. The zero-order valence-corrected chi connectivity index (χ0v) is 18.1. The van der Waals surface area contributed by atoms with Crippen LogP contribution in [0.3, 0.4) is 0 Å². The number of aromatic carboxylic acids is 1. The predicted molar refractivity (Wildman–Crippen MR) is 120 cm³/mol. The molecule has 33 heavy (non-hydrogen) atoms. The monoisotopic (exact) mass is 447 g/mol. The number of hydrogen-bond acceptors (Lipinski definition) is 5. The zero-order valence-electron chi connectivity index (χ0n) is 18.1. The number of nitrogens with one attached hydrogen (secondary N) is 1. The summed E-state index contributed by atoms with van der Waals surface area (Å²) in [7, 11) is 0. The normalized spacial score (nSPS) is 20.4. The van der Waals surface area contributed by atoms with Crippen LogP contribution in [0.15, 0.2) is 48.5 Å². The van der Waals surface area contributed by atoms with E-state index >= 15 is 0 Å². The van der Waals surface area contributed by atoms with Crippen molar-refractivity contribution in [2.75, 3.05) is 4.90 Å². The zero-order chi connectivity index (χ0) is 23.1. The van der Waals surface area contributed by atoms with E-state index in [4.69, 9.17) is 0 Å². The number of carbonyl (C=O) groups is 4. The summed E-state index contributed by atoms with van der Waals surface area (Å²) in [6.45, 7) is 0.502. The van der Waals surface area contributed by atoms with Crippen molar-refractivity contribution in [1.29, 1.82) is 0 Å². The van der Waals surface area contributed by atoms with Crippen LogP contribution in [0.5, 0.6) is 0 Å². The second-order valence-electron chi connectivity index (χ2n) is 8.99. The SMILES string of the molecule is O=C(O)c1cccc(N2C(=O)C[C@H](N(Cc3ccc(C(=O)NC4CC4)cc3)C3CC3)C2=O)c1. The maximum absolute atomic E-state index is 13.3. The van der Waals surface area contributed by atoms with Crippen molar-refractivity contribution < 1.29 is 24.3 Å². The van der Waals surface area contributed by atoms with Crippen molar-refractivity contribution >= 4 is 29.4 Å². The van der Waals surface area contributed by atoms with Gasteiger partial charge in [-0.05, 0) is 61.6 Å². The molecule has 2 aromatic rings. The fraction of sp³-hybridized carbons (Fsp3) is 0.360. The van der Waals surface area contributed by atoms with Crippen molar-refractivity contribution in [2.24, 2.45) is 0 Å². The van der Waals surface area contributed by atoms with Gasteiger partial charge in [0.15, 0.2) is 0 Å². The van der Waals surface area contributed by atoms with Crippen molar-refractivity contribution in [3.8, 4) is 0 Å². The molecule has 0 unspecified atom stereocenters. The molecule has 2 aromatic carbocycles. The number of hydrogen-bond donors (Lipinski definition) is 2. The maximum atomic E-state index is 13.3. The first-order valence-corrected chi connectivity index (χ1v) is 11.3. The predicted octanol–water partition coefficient (Wildman–Crippen LogP) is 2.57.